The Bertz CT molecular complexity index is 804. The highest BCUT2D eigenvalue weighted by Crippen LogP contribution is 2.17. The molecule has 1 aliphatic heterocycles. The molecule has 1 aliphatic rings. The van der Waals surface area contributed by atoms with Gasteiger partial charge >= 0.3 is 0 Å². The van der Waals surface area contributed by atoms with Crippen molar-refractivity contribution in [1.82, 2.24) is 25.1 Å². The van der Waals surface area contributed by atoms with Gasteiger partial charge in [0.25, 0.3) is 0 Å². The summed E-state index contributed by atoms with van der Waals surface area (Å²) < 4.78 is 24.5. The number of hydrogen-bond donors (Lipinski definition) is 1. The molecule has 9 nitrogen and oxygen atoms in total. The molecule has 0 aliphatic carbocycles. The zero-order valence-electron chi connectivity index (χ0n) is 13.2. The van der Waals surface area contributed by atoms with Crippen molar-refractivity contribution in [2.24, 2.45) is 0 Å². The van der Waals surface area contributed by atoms with E-state index in [-0.39, 0.29) is 30.0 Å². The second-order valence-corrected chi connectivity index (χ2v) is 8.05. The van der Waals surface area contributed by atoms with Crippen molar-refractivity contribution in [1.29, 1.82) is 0 Å². The summed E-state index contributed by atoms with van der Waals surface area (Å²) in [5.74, 6) is 0.136. The zero-order chi connectivity index (χ0) is 17.2. The summed E-state index contributed by atoms with van der Waals surface area (Å²) in [5, 5.41) is 13.7. The van der Waals surface area contributed by atoms with Crippen LogP contribution in [-0.2, 0) is 14.6 Å². The normalized spacial score (nSPS) is 19.5. The summed E-state index contributed by atoms with van der Waals surface area (Å²) in [7, 11) is -1.18. The fourth-order valence-electron chi connectivity index (χ4n) is 2.66. The van der Waals surface area contributed by atoms with Gasteiger partial charge in [-0.15, -0.1) is 5.10 Å². The molecule has 0 spiro atoms. The van der Waals surface area contributed by atoms with Crippen LogP contribution in [0, 0.1) is 0 Å². The molecule has 0 bridgehead atoms. The first-order chi connectivity index (χ1) is 11.4. The monoisotopic (exact) mass is 350 g/mol. The second-order valence-electron chi connectivity index (χ2n) is 5.82. The smallest absolute Gasteiger partial charge is 0.238 e. The Kier molecular flexibility index (Phi) is 4.58. The van der Waals surface area contributed by atoms with E-state index in [0.717, 1.165) is 5.69 Å². The Morgan fingerprint density at radius 3 is 2.71 bits per heavy atom. The zero-order valence-corrected chi connectivity index (χ0v) is 14.0. The number of aromatic nitrogens is 4. The molecule has 10 heteroatoms. The molecule has 1 N–H and O–H groups in total. The third kappa shape index (κ3) is 3.95. The Hall–Kier alpha value is -2.33. The molecule has 2 aromatic rings. The van der Waals surface area contributed by atoms with Gasteiger partial charge < -0.3 is 5.32 Å². The van der Waals surface area contributed by atoms with Crippen molar-refractivity contribution in [3.05, 3.63) is 30.6 Å². The summed E-state index contributed by atoms with van der Waals surface area (Å²) in [4.78, 5) is 13.9. The molecule has 128 valence electrons. The first-order valence-electron chi connectivity index (χ1n) is 7.47. The largest absolute Gasteiger partial charge is 0.325 e. The lowest BCUT2D eigenvalue weighted by atomic mass is 10.2. The van der Waals surface area contributed by atoms with E-state index in [2.05, 4.69) is 20.8 Å². The van der Waals surface area contributed by atoms with Crippen LogP contribution >= 0.6 is 0 Å². The van der Waals surface area contributed by atoms with Gasteiger partial charge in [-0.3, -0.25) is 9.69 Å². The molecular weight excluding hydrogens is 332 g/mol. The number of likely N-dealkylation sites (N-methyl/N-ethyl adjacent to an activating group) is 1. The van der Waals surface area contributed by atoms with E-state index in [0.29, 0.717) is 12.1 Å². The summed E-state index contributed by atoms with van der Waals surface area (Å²) in [6, 6.07) is 7.01. The van der Waals surface area contributed by atoms with E-state index in [4.69, 9.17) is 0 Å². The third-order valence-corrected chi connectivity index (χ3v) is 5.74. The lowest BCUT2D eigenvalue weighted by Gasteiger charge is -2.22. The molecule has 0 radical (unpaired) electrons. The fraction of sp³-hybridized carbons (Fsp3) is 0.429. The second kappa shape index (κ2) is 6.65. The average molecular weight is 350 g/mol. The molecule has 1 aromatic heterocycles. The number of anilines is 1. The minimum absolute atomic E-state index is 0.0945. The Morgan fingerprint density at radius 1 is 1.38 bits per heavy atom. The lowest BCUT2D eigenvalue weighted by molar-refractivity contribution is -0.117. The van der Waals surface area contributed by atoms with Crippen LogP contribution in [0.3, 0.4) is 0 Å². The highest BCUT2D eigenvalue weighted by atomic mass is 32.2. The topological polar surface area (TPSA) is 110 Å². The molecule has 1 unspecified atom stereocenters. The third-order valence-electron chi connectivity index (χ3n) is 3.99. The molecule has 3 rings (SSSR count). The highest BCUT2D eigenvalue weighted by Gasteiger charge is 2.31. The molecule has 2 heterocycles. The van der Waals surface area contributed by atoms with Gasteiger partial charge in [0, 0.05) is 11.7 Å². The molecule has 0 saturated carbocycles. The van der Waals surface area contributed by atoms with E-state index in [1.54, 1.807) is 36.2 Å². The van der Waals surface area contributed by atoms with Crippen LogP contribution in [0.5, 0.6) is 0 Å². The van der Waals surface area contributed by atoms with E-state index < -0.39 is 9.84 Å². The average Bonchev–Trinajstić information content (AvgIpc) is 3.17. The predicted molar refractivity (Wildman–Crippen MR) is 87.5 cm³/mol. The van der Waals surface area contributed by atoms with Crippen molar-refractivity contribution in [3.8, 4) is 5.69 Å². The van der Waals surface area contributed by atoms with Gasteiger partial charge in [-0.2, -0.15) is 0 Å². The number of carbonyl (C=O) groups excluding carboxylic acids is 1. The van der Waals surface area contributed by atoms with Crippen LogP contribution in [0.4, 0.5) is 5.69 Å². The number of hydrogen-bond acceptors (Lipinski definition) is 7. The quantitative estimate of drug-likeness (QED) is 0.789. The van der Waals surface area contributed by atoms with E-state index in [1.165, 1.54) is 11.0 Å². The number of nitrogens with zero attached hydrogens (tertiary/aromatic N) is 5. The van der Waals surface area contributed by atoms with Gasteiger partial charge in [-0.25, -0.2) is 13.1 Å². The maximum absolute atomic E-state index is 12.1. The van der Waals surface area contributed by atoms with Gasteiger partial charge in [-0.05, 0) is 48.2 Å². The van der Waals surface area contributed by atoms with Gasteiger partial charge in [0.1, 0.15) is 6.33 Å². The number of benzene rings is 1. The molecule has 1 saturated heterocycles. The number of rotatable bonds is 5. The molecule has 1 amide bonds. The first kappa shape index (κ1) is 16.5. The highest BCUT2D eigenvalue weighted by molar-refractivity contribution is 7.91. The number of sulfone groups is 1. The van der Waals surface area contributed by atoms with E-state index >= 15 is 0 Å². The number of carbonyl (C=O) groups is 1. The van der Waals surface area contributed by atoms with Crippen LogP contribution in [0.15, 0.2) is 30.6 Å². The SMILES string of the molecule is CN(CC(=O)Nc1ccc(-n2cnnn2)cc1)C1CCS(=O)(=O)C1. The lowest BCUT2D eigenvalue weighted by Crippen LogP contribution is -2.38. The fourth-order valence-corrected chi connectivity index (χ4v) is 4.46. The van der Waals surface area contributed by atoms with Gasteiger partial charge in [-0.1, -0.05) is 0 Å². The maximum atomic E-state index is 12.1. The molecule has 1 atom stereocenters. The molecule has 1 aromatic carbocycles. The first-order valence-corrected chi connectivity index (χ1v) is 9.29. The van der Waals surface area contributed by atoms with Gasteiger partial charge in [0.05, 0.1) is 23.7 Å². The van der Waals surface area contributed by atoms with Gasteiger partial charge in [0.2, 0.25) is 5.91 Å². The molecular formula is C14H18N6O3S. The van der Waals surface area contributed by atoms with Crippen LogP contribution < -0.4 is 5.32 Å². The number of amides is 1. The maximum Gasteiger partial charge on any atom is 0.238 e. The predicted octanol–water partition coefficient (Wildman–Crippen LogP) is -0.280. The Labute approximate surface area is 139 Å². The summed E-state index contributed by atoms with van der Waals surface area (Å²) in [6.45, 7) is 0.148. The van der Waals surface area contributed by atoms with Crippen molar-refractivity contribution in [3.63, 3.8) is 0 Å². The minimum Gasteiger partial charge on any atom is -0.325 e. The van der Waals surface area contributed by atoms with Crippen LogP contribution in [0.25, 0.3) is 5.69 Å². The molecule has 24 heavy (non-hydrogen) atoms. The number of nitrogens with one attached hydrogen (secondary N) is 1. The molecule has 1 fully saturated rings. The van der Waals surface area contributed by atoms with Crippen LogP contribution in [0.1, 0.15) is 6.42 Å². The van der Waals surface area contributed by atoms with Crippen LogP contribution in [0.2, 0.25) is 0 Å². The van der Waals surface area contributed by atoms with E-state index in [9.17, 15) is 13.2 Å². The Balaban J connectivity index is 1.55. The van der Waals surface area contributed by atoms with Gasteiger partial charge in [0.15, 0.2) is 9.84 Å². The van der Waals surface area contributed by atoms with Crippen molar-refractivity contribution < 1.29 is 13.2 Å². The Morgan fingerprint density at radius 2 is 2.12 bits per heavy atom. The van der Waals surface area contributed by atoms with Crippen molar-refractivity contribution in [2.45, 2.75) is 12.5 Å². The van der Waals surface area contributed by atoms with Crippen molar-refractivity contribution in [2.75, 3.05) is 30.4 Å². The standard InChI is InChI=1S/C14H18N6O3S/c1-19(13-6-7-24(22,23)9-13)8-14(21)16-11-2-4-12(5-3-11)20-10-15-17-18-20/h2-5,10,13H,6-9H2,1H3,(H,16,21). The summed E-state index contributed by atoms with van der Waals surface area (Å²) in [6.07, 6.45) is 2.06. The van der Waals surface area contributed by atoms with E-state index in [1.807, 2.05) is 0 Å². The summed E-state index contributed by atoms with van der Waals surface area (Å²) >= 11 is 0. The van der Waals surface area contributed by atoms with Crippen molar-refractivity contribution >= 4 is 21.4 Å². The summed E-state index contributed by atoms with van der Waals surface area (Å²) in [5.41, 5.74) is 1.44. The minimum atomic E-state index is -2.95. The van der Waals surface area contributed by atoms with Crippen LogP contribution in [-0.4, -0.2) is 70.6 Å². The number of tetrazole rings is 1.